The van der Waals surface area contributed by atoms with Gasteiger partial charge in [-0.3, -0.25) is 4.90 Å². The van der Waals surface area contributed by atoms with Crippen LogP contribution in [0.3, 0.4) is 0 Å². The van der Waals surface area contributed by atoms with Crippen molar-refractivity contribution in [1.29, 1.82) is 5.26 Å². The van der Waals surface area contributed by atoms with Crippen LogP contribution in [0, 0.1) is 11.3 Å². The highest BCUT2D eigenvalue weighted by Crippen LogP contribution is 2.18. The van der Waals surface area contributed by atoms with E-state index in [0.717, 1.165) is 19.5 Å². The minimum atomic E-state index is -0.460. The smallest absolute Gasteiger partial charge is 0.126 e. The first-order chi connectivity index (χ1) is 11.2. The van der Waals surface area contributed by atoms with Crippen LogP contribution in [-0.4, -0.2) is 40.7 Å². The van der Waals surface area contributed by atoms with E-state index in [2.05, 4.69) is 39.5 Å². The summed E-state index contributed by atoms with van der Waals surface area (Å²) in [6.45, 7) is 2.94. The number of nitrogens with one attached hydrogen (secondary N) is 1. The fourth-order valence-corrected chi connectivity index (χ4v) is 2.86. The second kappa shape index (κ2) is 7.23. The van der Waals surface area contributed by atoms with Gasteiger partial charge in [0.1, 0.15) is 11.9 Å². The average molecular weight is 308 g/mol. The maximum absolute atomic E-state index is 10.2. The molecule has 5 heteroatoms. The summed E-state index contributed by atoms with van der Waals surface area (Å²) in [5, 5.41) is 22.1. The summed E-state index contributed by atoms with van der Waals surface area (Å²) >= 11 is 0. The fourth-order valence-electron chi connectivity index (χ4n) is 2.86. The zero-order valence-electron chi connectivity index (χ0n) is 12.9. The third kappa shape index (κ3) is 4.07. The Hall–Kier alpha value is -2.42. The third-order valence-corrected chi connectivity index (χ3v) is 4.09. The Kier molecular flexibility index (Phi) is 4.86. The van der Waals surface area contributed by atoms with Crippen molar-refractivity contribution in [3.8, 4) is 6.07 Å². The lowest BCUT2D eigenvalue weighted by Gasteiger charge is -2.30. The van der Waals surface area contributed by atoms with Crippen molar-refractivity contribution in [2.45, 2.75) is 19.1 Å². The van der Waals surface area contributed by atoms with Crippen LogP contribution in [0.15, 0.2) is 42.6 Å². The number of benzene rings is 1. The first-order valence-electron chi connectivity index (χ1n) is 7.82. The molecule has 2 heterocycles. The molecular formula is C18H20N4O. The summed E-state index contributed by atoms with van der Waals surface area (Å²) in [5.74, 6) is 0.673. The number of fused-ring (bicyclic) bond motifs is 1. The summed E-state index contributed by atoms with van der Waals surface area (Å²) in [6, 6.07) is 14.0. The molecule has 2 aromatic rings. The maximum Gasteiger partial charge on any atom is 0.126 e. The predicted molar refractivity (Wildman–Crippen MR) is 88.9 cm³/mol. The van der Waals surface area contributed by atoms with Crippen LogP contribution in [0.25, 0.3) is 0 Å². The van der Waals surface area contributed by atoms with Crippen molar-refractivity contribution in [2.75, 3.05) is 25.0 Å². The van der Waals surface area contributed by atoms with Crippen LogP contribution in [0.1, 0.15) is 16.7 Å². The molecule has 1 aromatic heterocycles. The van der Waals surface area contributed by atoms with E-state index in [1.165, 1.54) is 17.3 Å². The molecule has 0 saturated heterocycles. The number of nitrogens with zero attached hydrogens (tertiary/aromatic N) is 3. The third-order valence-electron chi connectivity index (χ3n) is 4.09. The number of rotatable bonds is 5. The van der Waals surface area contributed by atoms with Gasteiger partial charge in [0.2, 0.25) is 0 Å². The van der Waals surface area contributed by atoms with Gasteiger partial charge in [-0.15, -0.1) is 0 Å². The molecule has 0 radical (unpaired) electrons. The number of hydrogen-bond acceptors (Lipinski definition) is 5. The number of aliphatic hydroxyl groups is 1. The maximum atomic E-state index is 10.2. The van der Waals surface area contributed by atoms with E-state index in [9.17, 15) is 5.11 Å². The first-order valence-corrected chi connectivity index (χ1v) is 7.82. The van der Waals surface area contributed by atoms with Gasteiger partial charge < -0.3 is 10.4 Å². The lowest BCUT2D eigenvalue weighted by atomic mass is 10.00. The van der Waals surface area contributed by atoms with E-state index in [-0.39, 0.29) is 0 Å². The lowest BCUT2D eigenvalue weighted by Crippen LogP contribution is -2.39. The summed E-state index contributed by atoms with van der Waals surface area (Å²) in [6.07, 6.45) is 2.10. The van der Waals surface area contributed by atoms with E-state index in [4.69, 9.17) is 5.26 Å². The molecular weight excluding hydrogens is 288 g/mol. The number of β-amino-alcohol motifs (C(OH)–C–C–N with tert-alkyl or cyclic N) is 1. The molecule has 0 bridgehead atoms. The molecule has 0 amide bonds. The molecule has 3 rings (SSSR count). The van der Waals surface area contributed by atoms with Gasteiger partial charge >= 0.3 is 0 Å². The molecule has 0 saturated carbocycles. The zero-order valence-corrected chi connectivity index (χ0v) is 12.9. The lowest BCUT2D eigenvalue weighted by molar-refractivity contribution is 0.114. The number of aromatic nitrogens is 1. The average Bonchev–Trinajstić information content (AvgIpc) is 2.60. The van der Waals surface area contributed by atoms with Gasteiger partial charge in [-0.25, -0.2) is 4.98 Å². The van der Waals surface area contributed by atoms with Crippen LogP contribution >= 0.6 is 0 Å². The molecule has 1 aliphatic rings. The van der Waals surface area contributed by atoms with Gasteiger partial charge in [-0.1, -0.05) is 24.3 Å². The second-order valence-corrected chi connectivity index (χ2v) is 5.83. The molecule has 2 N–H and O–H groups in total. The second-order valence-electron chi connectivity index (χ2n) is 5.83. The van der Waals surface area contributed by atoms with Gasteiger partial charge in [0, 0.05) is 32.4 Å². The van der Waals surface area contributed by atoms with E-state index in [1.54, 1.807) is 12.1 Å². The van der Waals surface area contributed by atoms with Crippen molar-refractivity contribution in [3.63, 3.8) is 0 Å². The molecule has 0 aliphatic carbocycles. The van der Waals surface area contributed by atoms with Crippen molar-refractivity contribution >= 4 is 5.82 Å². The largest absolute Gasteiger partial charge is 0.390 e. The Balaban J connectivity index is 1.48. The molecule has 0 fully saturated rings. The van der Waals surface area contributed by atoms with Crippen molar-refractivity contribution in [3.05, 3.63) is 59.3 Å². The molecule has 23 heavy (non-hydrogen) atoms. The highest BCUT2D eigenvalue weighted by Gasteiger charge is 2.18. The van der Waals surface area contributed by atoms with Crippen LogP contribution in [0.2, 0.25) is 0 Å². The highest BCUT2D eigenvalue weighted by atomic mass is 16.3. The Morgan fingerprint density at radius 1 is 1.26 bits per heavy atom. The zero-order chi connectivity index (χ0) is 16.1. The summed E-state index contributed by atoms with van der Waals surface area (Å²) in [5.41, 5.74) is 3.30. The van der Waals surface area contributed by atoms with Gasteiger partial charge in [0.15, 0.2) is 0 Å². The van der Waals surface area contributed by atoms with Gasteiger partial charge in [-0.05, 0) is 29.7 Å². The Morgan fingerprint density at radius 3 is 2.83 bits per heavy atom. The molecule has 5 nitrogen and oxygen atoms in total. The van der Waals surface area contributed by atoms with Gasteiger partial charge in [0.25, 0.3) is 0 Å². The van der Waals surface area contributed by atoms with Crippen molar-refractivity contribution in [2.24, 2.45) is 0 Å². The Labute approximate surface area is 136 Å². The standard InChI is InChI=1S/C18H20N4O/c19-9-14-5-6-18(20-10-14)21-11-17(23)13-22-8-7-15-3-1-2-4-16(15)12-22/h1-6,10,17,23H,7-8,11-13H2,(H,20,21). The highest BCUT2D eigenvalue weighted by molar-refractivity contribution is 5.39. The predicted octanol–water partition coefficient (Wildman–Crippen LogP) is 1.78. The van der Waals surface area contributed by atoms with E-state index in [1.807, 2.05) is 6.07 Å². The molecule has 1 aromatic carbocycles. The van der Waals surface area contributed by atoms with Gasteiger partial charge in [0.05, 0.1) is 11.7 Å². The minimum absolute atomic E-state index is 0.442. The van der Waals surface area contributed by atoms with Crippen LogP contribution in [0.5, 0.6) is 0 Å². The van der Waals surface area contributed by atoms with Crippen molar-refractivity contribution < 1.29 is 5.11 Å². The SMILES string of the molecule is N#Cc1ccc(NCC(O)CN2CCc3ccccc3C2)nc1. The molecule has 0 spiro atoms. The van der Waals surface area contributed by atoms with Crippen LogP contribution in [0.4, 0.5) is 5.82 Å². The molecule has 1 atom stereocenters. The number of aliphatic hydroxyl groups excluding tert-OH is 1. The molecule has 1 aliphatic heterocycles. The number of nitriles is 1. The van der Waals surface area contributed by atoms with Crippen LogP contribution < -0.4 is 5.32 Å². The Bertz CT molecular complexity index is 693. The van der Waals surface area contributed by atoms with Crippen molar-refractivity contribution in [1.82, 2.24) is 9.88 Å². The number of anilines is 1. The van der Waals surface area contributed by atoms with Crippen LogP contribution in [-0.2, 0) is 13.0 Å². The fraction of sp³-hybridized carbons (Fsp3) is 0.333. The van der Waals surface area contributed by atoms with E-state index in [0.29, 0.717) is 24.5 Å². The summed E-state index contributed by atoms with van der Waals surface area (Å²) in [4.78, 5) is 6.42. The molecule has 118 valence electrons. The summed E-state index contributed by atoms with van der Waals surface area (Å²) < 4.78 is 0. The first kappa shape index (κ1) is 15.5. The quantitative estimate of drug-likeness (QED) is 0.881. The molecule has 1 unspecified atom stereocenters. The Morgan fingerprint density at radius 2 is 2.09 bits per heavy atom. The number of hydrogen-bond donors (Lipinski definition) is 2. The van der Waals surface area contributed by atoms with E-state index < -0.39 is 6.10 Å². The number of pyridine rings is 1. The summed E-state index contributed by atoms with van der Waals surface area (Å²) in [7, 11) is 0. The topological polar surface area (TPSA) is 72.2 Å². The minimum Gasteiger partial charge on any atom is -0.390 e. The monoisotopic (exact) mass is 308 g/mol. The van der Waals surface area contributed by atoms with Gasteiger partial charge in [-0.2, -0.15) is 5.26 Å². The normalized spacial score (nSPS) is 15.5. The van der Waals surface area contributed by atoms with E-state index >= 15 is 0 Å².